The Labute approximate surface area is 176 Å². The van der Waals surface area contributed by atoms with Crippen molar-refractivity contribution in [2.75, 3.05) is 18.4 Å². The van der Waals surface area contributed by atoms with Crippen LogP contribution in [0.5, 0.6) is 0 Å². The molecule has 2 fully saturated rings. The monoisotopic (exact) mass is 401 g/mol. The highest BCUT2D eigenvalue weighted by Crippen LogP contribution is 2.29. The van der Waals surface area contributed by atoms with Crippen LogP contribution in [0.1, 0.15) is 42.1 Å². The third-order valence-electron chi connectivity index (χ3n) is 6.09. The van der Waals surface area contributed by atoms with Gasteiger partial charge in [0.2, 0.25) is 5.95 Å². The molecule has 2 aromatic carbocycles. The minimum atomic E-state index is -0.00773. The molecule has 154 valence electrons. The van der Waals surface area contributed by atoms with E-state index in [0.717, 1.165) is 59.9 Å². The fourth-order valence-corrected chi connectivity index (χ4v) is 4.03. The number of anilines is 1. The number of aryl methyl sites for hydroxylation is 1. The zero-order valence-corrected chi connectivity index (χ0v) is 17.5. The van der Waals surface area contributed by atoms with Crippen LogP contribution >= 0.6 is 0 Å². The molecule has 2 aliphatic rings. The van der Waals surface area contributed by atoms with Gasteiger partial charge in [-0.3, -0.25) is 4.79 Å². The second-order valence-corrected chi connectivity index (χ2v) is 8.86. The molecule has 1 saturated carbocycles. The lowest BCUT2D eigenvalue weighted by molar-refractivity contribution is 0.0951. The van der Waals surface area contributed by atoms with Crippen molar-refractivity contribution in [1.29, 1.82) is 0 Å². The average molecular weight is 402 g/mol. The molecule has 5 rings (SSSR count). The van der Waals surface area contributed by atoms with Gasteiger partial charge in [0.15, 0.2) is 0 Å². The Balaban J connectivity index is 1.43. The molecule has 3 N–H and O–H groups in total. The van der Waals surface area contributed by atoms with E-state index in [0.29, 0.717) is 17.6 Å². The van der Waals surface area contributed by atoms with Crippen LogP contribution < -0.4 is 16.0 Å². The number of carbonyl (C=O) groups is 1. The number of fused-ring (bicyclic) bond motifs is 1. The van der Waals surface area contributed by atoms with Crippen molar-refractivity contribution < 1.29 is 4.79 Å². The van der Waals surface area contributed by atoms with Gasteiger partial charge in [-0.2, -0.15) is 0 Å². The Morgan fingerprint density at radius 1 is 1.20 bits per heavy atom. The van der Waals surface area contributed by atoms with Gasteiger partial charge in [-0.1, -0.05) is 12.1 Å². The molecule has 30 heavy (non-hydrogen) atoms. The van der Waals surface area contributed by atoms with E-state index < -0.39 is 0 Å². The lowest BCUT2D eigenvalue weighted by Gasteiger charge is -2.24. The summed E-state index contributed by atoms with van der Waals surface area (Å²) in [6, 6.07) is 12.5. The Morgan fingerprint density at radius 3 is 2.83 bits per heavy atom. The molecule has 0 radical (unpaired) electrons. The van der Waals surface area contributed by atoms with Gasteiger partial charge in [-0.15, -0.1) is 0 Å². The summed E-state index contributed by atoms with van der Waals surface area (Å²) in [5.41, 5.74) is 4.87. The zero-order chi connectivity index (χ0) is 20.7. The SMILES string of the molecule is Cc1ccc(C(=O)NC2CC2)cc1-c1ccc2nc(N[C@]3(C)CCNC3)ncc2c1. The highest BCUT2D eigenvalue weighted by atomic mass is 16.1. The van der Waals surface area contributed by atoms with Crippen molar-refractivity contribution in [2.45, 2.75) is 44.7 Å². The normalized spacial score (nSPS) is 21.0. The largest absolute Gasteiger partial charge is 0.349 e. The fourth-order valence-electron chi connectivity index (χ4n) is 4.03. The standard InChI is InChI=1S/C24H27N5O/c1-15-3-4-17(22(30)27-19-6-7-19)12-20(15)16-5-8-21-18(11-16)13-26-23(28-21)29-24(2)9-10-25-14-24/h3-5,8,11-13,19,25H,6-7,9-10,14H2,1-2H3,(H,27,30)(H,26,28,29)/t24-/m1/s1. The third-order valence-corrected chi connectivity index (χ3v) is 6.09. The number of hydrogen-bond donors (Lipinski definition) is 3. The Kier molecular flexibility index (Phi) is 4.66. The Bertz CT molecular complexity index is 1120. The topological polar surface area (TPSA) is 78.9 Å². The number of amides is 1. The van der Waals surface area contributed by atoms with Crippen LogP contribution in [0.4, 0.5) is 5.95 Å². The summed E-state index contributed by atoms with van der Waals surface area (Å²) in [6.45, 7) is 6.19. The fraction of sp³-hybridized carbons (Fsp3) is 0.375. The maximum absolute atomic E-state index is 12.5. The number of rotatable bonds is 5. The minimum Gasteiger partial charge on any atom is -0.349 e. The summed E-state index contributed by atoms with van der Waals surface area (Å²) in [5.74, 6) is 0.671. The van der Waals surface area contributed by atoms with E-state index in [1.807, 2.05) is 30.5 Å². The molecule has 0 unspecified atom stereocenters. The molecule has 2 heterocycles. The predicted octanol–water partition coefficient (Wildman–Crippen LogP) is 3.66. The van der Waals surface area contributed by atoms with Gasteiger partial charge in [0.25, 0.3) is 5.91 Å². The summed E-state index contributed by atoms with van der Waals surface area (Å²) < 4.78 is 0. The highest BCUT2D eigenvalue weighted by Gasteiger charge is 2.29. The average Bonchev–Trinajstić information content (AvgIpc) is 3.45. The maximum atomic E-state index is 12.5. The smallest absolute Gasteiger partial charge is 0.251 e. The van der Waals surface area contributed by atoms with Gasteiger partial charge in [0.05, 0.1) is 11.1 Å². The second-order valence-electron chi connectivity index (χ2n) is 8.86. The van der Waals surface area contributed by atoms with Crippen molar-refractivity contribution in [2.24, 2.45) is 0 Å². The van der Waals surface area contributed by atoms with Crippen LogP contribution in [0.25, 0.3) is 22.0 Å². The van der Waals surface area contributed by atoms with E-state index in [9.17, 15) is 4.79 Å². The molecule has 1 aliphatic carbocycles. The predicted molar refractivity (Wildman–Crippen MR) is 120 cm³/mol. The minimum absolute atomic E-state index is 0.00773. The van der Waals surface area contributed by atoms with E-state index in [1.54, 1.807) is 0 Å². The maximum Gasteiger partial charge on any atom is 0.251 e. The molecule has 6 nitrogen and oxygen atoms in total. The van der Waals surface area contributed by atoms with E-state index in [-0.39, 0.29) is 11.4 Å². The molecule has 1 aromatic heterocycles. The third kappa shape index (κ3) is 3.87. The Morgan fingerprint density at radius 2 is 2.07 bits per heavy atom. The summed E-state index contributed by atoms with van der Waals surface area (Å²) in [7, 11) is 0. The number of hydrogen-bond acceptors (Lipinski definition) is 5. The van der Waals surface area contributed by atoms with Crippen LogP contribution in [-0.4, -0.2) is 40.5 Å². The molecule has 1 saturated heterocycles. The van der Waals surface area contributed by atoms with Crippen LogP contribution in [0, 0.1) is 6.92 Å². The molecule has 0 bridgehead atoms. The van der Waals surface area contributed by atoms with E-state index in [2.05, 4.69) is 46.9 Å². The first-order valence-electron chi connectivity index (χ1n) is 10.7. The van der Waals surface area contributed by atoms with Gasteiger partial charge in [-0.25, -0.2) is 9.97 Å². The van der Waals surface area contributed by atoms with Gasteiger partial charge < -0.3 is 16.0 Å². The number of nitrogens with one attached hydrogen (secondary N) is 3. The lowest BCUT2D eigenvalue weighted by Crippen LogP contribution is -2.37. The van der Waals surface area contributed by atoms with E-state index in [1.165, 1.54) is 0 Å². The number of carbonyl (C=O) groups excluding carboxylic acids is 1. The first-order valence-corrected chi connectivity index (χ1v) is 10.7. The summed E-state index contributed by atoms with van der Waals surface area (Å²) in [4.78, 5) is 21.7. The summed E-state index contributed by atoms with van der Waals surface area (Å²) in [6.07, 6.45) is 5.10. The van der Waals surface area contributed by atoms with E-state index >= 15 is 0 Å². The van der Waals surface area contributed by atoms with Gasteiger partial charge in [-0.05, 0) is 80.6 Å². The Hall–Kier alpha value is -2.99. The summed E-state index contributed by atoms with van der Waals surface area (Å²) in [5, 5.41) is 10.9. The van der Waals surface area contributed by atoms with Gasteiger partial charge >= 0.3 is 0 Å². The van der Waals surface area contributed by atoms with Crippen LogP contribution in [0.2, 0.25) is 0 Å². The highest BCUT2D eigenvalue weighted by molar-refractivity contribution is 5.96. The molecule has 0 spiro atoms. The zero-order valence-electron chi connectivity index (χ0n) is 17.5. The van der Waals surface area contributed by atoms with Crippen molar-refractivity contribution in [3.8, 4) is 11.1 Å². The molecule has 1 aliphatic heterocycles. The van der Waals surface area contributed by atoms with Crippen molar-refractivity contribution in [3.05, 3.63) is 53.7 Å². The van der Waals surface area contributed by atoms with Gasteiger partial charge in [0.1, 0.15) is 0 Å². The molecular formula is C24H27N5O. The van der Waals surface area contributed by atoms with Crippen molar-refractivity contribution in [1.82, 2.24) is 20.6 Å². The second kappa shape index (κ2) is 7.36. The number of aromatic nitrogens is 2. The molecule has 1 amide bonds. The van der Waals surface area contributed by atoms with Crippen LogP contribution in [-0.2, 0) is 0 Å². The first kappa shape index (κ1) is 19.0. The number of nitrogens with zero attached hydrogens (tertiary/aromatic N) is 2. The summed E-state index contributed by atoms with van der Waals surface area (Å²) >= 11 is 0. The first-order chi connectivity index (χ1) is 14.5. The molecule has 3 aromatic rings. The van der Waals surface area contributed by atoms with Crippen LogP contribution in [0.3, 0.4) is 0 Å². The molecule has 6 heteroatoms. The van der Waals surface area contributed by atoms with Crippen molar-refractivity contribution in [3.63, 3.8) is 0 Å². The van der Waals surface area contributed by atoms with E-state index in [4.69, 9.17) is 4.98 Å². The molecule has 1 atom stereocenters. The van der Waals surface area contributed by atoms with Crippen molar-refractivity contribution >= 4 is 22.8 Å². The van der Waals surface area contributed by atoms with Gasteiger partial charge in [0, 0.05) is 29.7 Å². The quantitative estimate of drug-likeness (QED) is 0.608. The lowest BCUT2D eigenvalue weighted by atomic mass is 9.97. The molecular weight excluding hydrogens is 374 g/mol. The number of benzene rings is 2. The van der Waals surface area contributed by atoms with Crippen LogP contribution in [0.15, 0.2) is 42.6 Å².